The van der Waals surface area contributed by atoms with Crippen molar-refractivity contribution in [2.24, 2.45) is 0 Å². The quantitative estimate of drug-likeness (QED) is 0.500. The fourth-order valence-corrected chi connectivity index (χ4v) is 2.60. The van der Waals surface area contributed by atoms with Gasteiger partial charge in [0, 0.05) is 6.07 Å². The van der Waals surface area contributed by atoms with Gasteiger partial charge in [-0.05, 0) is 39.1 Å². The molecule has 0 amide bonds. The molecule has 2 aromatic heterocycles. The Morgan fingerprint density at radius 1 is 1.11 bits per heavy atom. The molecule has 0 atom stereocenters. The third kappa shape index (κ3) is 4.73. The Morgan fingerprint density at radius 2 is 1.96 bits per heavy atom. The molecule has 3 aromatic rings. The molecular weight excluding hydrogens is 344 g/mol. The maximum absolute atomic E-state index is 5.97. The second-order valence-corrected chi connectivity index (χ2v) is 5.97. The van der Waals surface area contributed by atoms with Gasteiger partial charge in [0.05, 0.1) is 43.1 Å². The fraction of sp³-hybridized carbons (Fsp3) is 0.316. The van der Waals surface area contributed by atoms with Gasteiger partial charge in [-0.25, -0.2) is 4.98 Å². The van der Waals surface area contributed by atoms with Gasteiger partial charge in [-0.15, -0.1) is 0 Å². The Morgan fingerprint density at radius 3 is 2.70 bits per heavy atom. The molecule has 0 aliphatic carbocycles. The molecule has 0 spiro atoms. The number of aromatic amines is 1. The predicted octanol–water partition coefficient (Wildman–Crippen LogP) is 2.92. The van der Waals surface area contributed by atoms with Crippen LogP contribution in [0.25, 0.3) is 11.3 Å². The van der Waals surface area contributed by atoms with Gasteiger partial charge in [0.1, 0.15) is 17.3 Å². The van der Waals surface area contributed by atoms with Crippen LogP contribution in [0.3, 0.4) is 0 Å². The molecule has 8 heteroatoms. The first kappa shape index (κ1) is 18.7. The summed E-state index contributed by atoms with van der Waals surface area (Å²) in [6, 6.07) is 7.62. The minimum absolute atomic E-state index is 0.610. The minimum Gasteiger partial charge on any atom is -0.496 e. The molecule has 0 bridgehead atoms. The van der Waals surface area contributed by atoms with Gasteiger partial charge in [-0.3, -0.25) is 10.1 Å². The zero-order valence-electron chi connectivity index (χ0n) is 15.7. The van der Waals surface area contributed by atoms with Crippen molar-refractivity contribution in [3.63, 3.8) is 0 Å². The molecule has 3 N–H and O–H groups in total. The second kappa shape index (κ2) is 9.00. The minimum atomic E-state index is 0.610. The highest BCUT2D eigenvalue weighted by molar-refractivity contribution is 5.76. The van der Waals surface area contributed by atoms with Crippen LogP contribution in [0, 0.1) is 6.92 Å². The Balaban J connectivity index is 1.82. The lowest BCUT2D eigenvalue weighted by molar-refractivity contribution is 0.309. The SMILES string of the molecule is CNCCCOc1cccc(OC)c1-c1cc(Nc2cnc(C)cn2)n[nH]1. The van der Waals surface area contributed by atoms with E-state index in [2.05, 4.69) is 30.8 Å². The lowest BCUT2D eigenvalue weighted by Crippen LogP contribution is -2.11. The summed E-state index contributed by atoms with van der Waals surface area (Å²) in [5, 5.41) is 13.6. The summed E-state index contributed by atoms with van der Waals surface area (Å²) in [6.45, 7) is 3.40. The number of methoxy groups -OCH3 is 1. The summed E-state index contributed by atoms with van der Waals surface area (Å²) >= 11 is 0. The molecule has 0 fully saturated rings. The average molecular weight is 368 g/mol. The van der Waals surface area contributed by atoms with Gasteiger partial charge in [-0.2, -0.15) is 5.10 Å². The zero-order valence-corrected chi connectivity index (χ0v) is 15.7. The fourth-order valence-electron chi connectivity index (χ4n) is 2.60. The largest absolute Gasteiger partial charge is 0.496 e. The summed E-state index contributed by atoms with van der Waals surface area (Å²) in [5.74, 6) is 2.72. The number of rotatable bonds is 9. The highest BCUT2D eigenvalue weighted by Gasteiger charge is 2.16. The molecule has 2 heterocycles. The van der Waals surface area contributed by atoms with E-state index in [4.69, 9.17) is 9.47 Å². The number of ether oxygens (including phenoxy) is 2. The predicted molar refractivity (Wildman–Crippen MR) is 105 cm³/mol. The molecule has 27 heavy (non-hydrogen) atoms. The summed E-state index contributed by atoms with van der Waals surface area (Å²) in [7, 11) is 3.57. The van der Waals surface area contributed by atoms with Gasteiger partial charge in [0.25, 0.3) is 0 Å². The van der Waals surface area contributed by atoms with Crippen LogP contribution in [-0.4, -0.2) is 47.5 Å². The van der Waals surface area contributed by atoms with E-state index >= 15 is 0 Å². The van der Waals surface area contributed by atoms with E-state index in [-0.39, 0.29) is 0 Å². The van der Waals surface area contributed by atoms with Gasteiger partial charge < -0.3 is 20.1 Å². The molecule has 142 valence electrons. The Kier molecular flexibility index (Phi) is 6.22. The first-order chi connectivity index (χ1) is 13.2. The van der Waals surface area contributed by atoms with Crippen LogP contribution >= 0.6 is 0 Å². The van der Waals surface area contributed by atoms with Gasteiger partial charge in [0.15, 0.2) is 5.82 Å². The number of nitrogens with zero attached hydrogens (tertiary/aromatic N) is 3. The van der Waals surface area contributed by atoms with Crippen molar-refractivity contribution < 1.29 is 9.47 Å². The van der Waals surface area contributed by atoms with E-state index in [1.807, 2.05) is 38.2 Å². The first-order valence-corrected chi connectivity index (χ1v) is 8.77. The third-order valence-electron chi connectivity index (χ3n) is 3.92. The highest BCUT2D eigenvalue weighted by Crippen LogP contribution is 2.38. The molecule has 1 aromatic carbocycles. The molecular formula is C19H24N6O2. The van der Waals surface area contributed by atoms with Crippen LogP contribution in [0.15, 0.2) is 36.7 Å². The third-order valence-corrected chi connectivity index (χ3v) is 3.92. The van der Waals surface area contributed by atoms with Crippen molar-refractivity contribution in [1.82, 2.24) is 25.5 Å². The van der Waals surface area contributed by atoms with E-state index in [1.54, 1.807) is 19.5 Å². The topological polar surface area (TPSA) is 97.0 Å². The molecule has 0 saturated heterocycles. The number of hydrogen-bond donors (Lipinski definition) is 3. The van der Waals surface area contributed by atoms with Crippen LogP contribution in [0.1, 0.15) is 12.1 Å². The van der Waals surface area contributed by atoms with E-state index in [0.29, 0.717) is 24.0 Å². The molecule has 0 unspecified atom stereocenters. The highest BCUT2D eigenvalue weighted by atomic mass is 16.5. The smallest absolute Gasteiger partial charge is 0.153 e. The summed E-state index contributed by atoms with van der Waals surface area (Å²) in [6.07, 6.45) is 4.28. The second-order valence-electron chi connectivity index (χ2n) is 5.97. The normalized spacial score (nSPS) is 10.6. The van der Waals surface area contributed by atoms with Crippen LogP contribution in [0.5, 0.6) is 11.5 Å². The van der Waals surface area contributed by atoms with Crippen molar-refractivity contribution in [3.8, 4) is 22.8 Å². The van der Waals surface area contributed by atoms with Crippen molar-refractivity contribution in [1.29, 1.82) is 0 Å². The number of H-pyrrole nitrogens is 1. The number of aryl methyl sites for hydroxylation is 1. The maximum atomic E-state index is 5.97. The van der Waals surface area contributed by atoms with E-state index < -0.39 is 0 Å². The van der Waals surface area contributed by atoms with Gasteiger partial charge in [0.2, 0.25) is 0 Å². The molecule has 0 aliphatic heterocycles. The van der Waals surface area contributed by atoms with E-state index in [1.165, 1.54) is 0 Å². The summed E-state index contributed by atoms with van der Waals surface area (Å²) in [5.41, 5.74) is 2.48. The monoisotopic (exact) mass is 368 g/mol. The van der Waals surface area contributed by atoms with Crippen molar-refractivity contribution in [3.05, 3.63) is 42.4 Å². The average Bonchev–Trinajstić information content (AvgIpc) is 3.14. The van der Waals surface area contributed by atoms with Crippen LogP contribution in [0.2, 0.25) is 0 Å². The van der Waals surface area contributed by atoms with E-state index in [0.717, 1.165) is 35.7 Å². The molecule has 3 rings (SSSR count). The number of aromatic nitrogens is 4. The van der Waals surface area contributed by atoms with Crippen molar-refractivity contribution in [2.75, 3.05) is 32.6 Å². The Labute approximate surface area is 158 Å². The molecule has 0 aliphatic rings. The first-order valence-electron chi connectivity index (χ1n) is 8.77. The molecule has 8 nitrogen and oxygen atoms in total. The lowest BCUT2D eigenvalue weighted by atomic mass is 10.1. The van der Waals surface area contributed by atoms with Crippen LogP contribution in [0.4, 0.5) is 11.6 Å². The van der Waals surface area contributed by atoms with Crippen LogP contribution < -0.4 is 20.1 Å². The summed E-state index contributed by atoms with van der Waals surface area (Å²) in [4.78, 5) is 8.50. The number of anilines is 2. The Hall–Kier alpha value is -3.13. The summed E-state index contributed by atoms with van der Waals surface area (Å²) < 4.78 is 11.5. The van der Waals surface area contributed by atoms with Gasteiger partial charge >= 0.3 is 0 Å². The van der Waals surface area contributed by atoms with Gasteiger partial charge in [-0.1, -0.05) is 6.07 Å². The Bertz CT molecular complexity index is 863. The van der Waals surface area contributed by atoms with Crippen molar-refractivity contribution in [2.45, 2.75) is 13.3 Å². The molecule has 0 radical (unpaired) electrons. The standard InChI is InChI=1S/C19H24N6O2/c1-13-11-22-18(12-21-13)23-17-10-14(24-25-17)19-15(26-3)6-4-7-16(19)27-9-5-8-20-2/h4,6-7,10-12,20H,5,8-9H2,1-3H3,(H2,22,23,24,25). The van der Waals surface area contributed by atoms with Crippen molar-refractivity contribution >= 4 is 11.6 Å². The van der Waals surface area contributed by atoms with E-state index in [9.17, 15) is 0 Å². The van der Waals surface area contributed by atoms with Crippen LogP contribution in [-0.2, 0) is 0 Å². The molecule has 0 saturated carbocycles. The zero-order chi connectivity index (χ0) is 19.1. The number of benzene rings is 1. The lowest BCUT2D eigenvalue weighted by Gasteiger charge is -2.13. The maximum Gasteiger partial charge on any atom is 0.153 e. The number of hydrogen-bond acceptors (Lipinski definition) is 7. The number of nitrogens with one attached hydrogen (secondary N) is 3.